The molecule has 2 heterocycles. The molecular weight excluding hydrogens is 220 g/mol. The molecule has 2 aromatic rings. The number of carbonyl (C=O) groups is 1. The summed E-state index contributed by atoms with van der Waals surface area (Å²) in [5, 5.41) is 3.83. The van der Waals surface area contributed by atoms with E-state index in [-0.39, 0.29) is 5.91 Å². The van der Waals surface area contributed by atoms with Crippen LogP contribution in [0.4, 0.5) is 5.69 Å². The predicted molar refractivity (Wildman–Crippen MR) is 62.2 cm³/mol. The highest BCUT2D eigenvalue weighted by Gasteiger charge is 2.15. The van der Waals surface area contributed by atoms with Crippen LogP contribution in [-0.4, -0.2) is 28.0 Å². The van der Waals surface area contributed by atoms with Gasteiger partial charge >= 0.3 is 0 Å². The number of hydrogen-bond donors (Lipinski definition) is 2. The molecule has 0 spiro atoms. The topological polar surface area (TPSA) is 88.1 Å². The van der Waals surface area contributed by atoms with Crippen LogP contribution in [0.5, 0.6) is 0 Å². The zero-order chi connectivity index (χ0) is 12.4. The number of hydrogen-bond acceptors (Lipinski definition) is 4. The van der Waals surface area contributed by atoms with Crippen LogP contribution in [0, 0.1) is 6.92 Å². The van der Waals surface area contributed by atoms with Crippen LogP contribution < -0.4 is 5.73 Å². The minimum Gasteiger partial charge on any atom is -0.397 e. The fourth-order valence-corrected chi connectivity index (χ4v) is 1.55. The third-order valence-corrected chi connectivity index (χ3v) is 2.36. The second-order valence-corrected chi connectivity index (χ2v) is 3.94. The molecule has 90 valence electrons. The number of rotatable bonds is 3. The Morgan fingerprint density at radius 2 is 2.35 bits per heavy atom. The van der Waals surface area contributed by atoms with Gasteiger partial charge in [0.25, 0.3) is 5.91 Å². The van der Waals surface area contributed by atoms with Crippen molar-refractivity contribution < 1.29 is 9.32 Å². The molecule has 0 saturated heterocycles. The van der Waals surface area contributed by atoms with E-state index in [1.54, 1.807) is 30.3 Å². The van der Waals surface area contributed by atoms with E-state index >= 15 is 0 Å². The number of nitrogen functional groups attached to an aromatic ring is 1. The summed E-state index contributed by atoms with van der Waals surface area (Å²) in [7, 11) is 1.70. The lowest BCUT2D eigenvalue weighted by Crippen LogP contribution is -2.26. The maximum absolute atomic E-state index is 11.9. The molecule has 2 rings (SSSR count). The Balaban J connectivity index is 2.05. The van der Waals surface area contributed by atoms with E-state index < -0.39 is 0 Å². The lowest BCUT2D eigenvalue weighted by molar-refractivity contribution is 0.0777. The van der Waals surface area contributed by atoms with E-state index in [4.69, 9.17) is 10.3 Å². The summed E-state index contributed by atoms with van der Waals surface area (Å²) in [6, 6.07) is 3.40. The number of nitrogens with zero attached hydrogens (tertiary/aromatic N) is 2. The van der Waals surface area contributed by atoms with Crippen molar-refractivity contribution in [3.8, 4) is 0 Å². The smallest absolute Gasteiger partial charge is 0.270 e. The fraction of sp³-hybridized carbons (Fsp3) is 0.273. The van der Waals surface area contributed by atoms with E-state index in [9.17, 15) is 4.79 Å². The van der Waals surface area contributed by atoms with Gasteiger partial charge in [0, 0.05) is 25.0 Å². The largest absolute Gasteiger partial charge is 0.397 e. The summed E-state index contributed by atoms with van der Waals surface area (Å²) >= 11 is 0. The van der Waals surface area contributed by atoms with Crippen molar-refractivity contribution >= 4 is 11.6 Å². The Bertz CT molecular complexity index is 529. The van der Waals surface area contributed by atoms with E-state index in [2.05, 4.69) is 10.1 Å². The Kier molecular flexibility index (Phi) is 2.86. The highest BCUT2D eigenvalue weighted by atomic mass is 16.5. The van der Waals surface area contributed by atoms with Gasteiger partial charge in [0.15, 0.2) is 0 Å². The number of carbonyl (C=O) groups excluding carboxylic acids is 1. The number of aromatic amines is 1. The van der Waals surface area contributed by atoms with Gasteiger partial charge in [-0.3, -0.25) is 4.79 Å². The normalized spacial score (nSPS) is 10.5. The van der Waals surface area contributed by atoms with Crippen LogP contribution in [0.25, 0.3) is 0 Å². The summed E-state index contributed by atoms with van der Waals surface area (Å²) in [6.45, 7) is 2.21. The molecule has 0 unspecified atom stereocenters. The SMILES string of the molecule is Cc1cc(CN(C)C(=O)c2cc(N)c[nH]2)no1. The minimum absolute atomic E-state index is 0.137. The highest BCUT2D eigenvalue weighted by molar-refractivity contribution is 5.93. The zero-order valence-corrected chi connectivity index (χ0v) is 9.73. The van der Waals surface area contributed by atoms with Crippen molar-refractivity contribution in [1.82, 2.24) is 15.0 Å². The van der Waals surface area contributed by atoms with Gasteiger partial charge in [0.05, 0.1) is 6.54 Å². The summed E-state index contributed by atoms with van der Waals surface area (Å²) < 4.78 is 4.94. The molecule has 1 amide bonds. The number of nitrogens with one attached hydrogen (secondary N) is 1. The standard InChI is InChI=1S/C11H14N4O2/c1-7-3-9(14-17-7)6-15(2)11(16)10-4-8(12)5-13-10/h3-5,13H,6,12H2,1-2H3. The Morgan fingerprint density at radius 3 is 2.88 bits per heavy atom. The maximum atomic E-state index is 11.9. The maximum Gasteiger partial charge on any atom is 0.270 e. The molecule has 0 aliphatic carbocycles. The Morgan fingerprint density at radius 1 is 1.59 bits per heavy atom. The van der Waals surface area contributed by atoms with Crippen LogP contribution in [0.2, 0.25) is 0 Å². The second kappa shape index (κ2) is 4.32. The first-order chi connectivity index (χ1) is 8.06. The van der Waals surface area contributed by atoms with Crippen LogP contribution in [0.1, 0.15) is 21.9 Å². The highest BCUT2D eigenvalue weighted by Crippen LogP contribution is 2.10. The van der Waals surface area contributed by atoms with Gasteiger partial charge < -0.3 is 20.1 Å². The molecule has 17 heavy (non-hydrogen) atoms. The van der Waals surface area contributed by atoms with Gasteiger partial charge in [0.1, 0.15) is 17.1 Å². The molecule has 0 aliphatic heterocycles. The third-order valence-electron chi connectivity index (χ3n) is 2.36. The molecule has 0 radical (unpaired) electrons. The quantitative estimate of drug-likeness (QED) is 0.834. The lowest BCUT2D eigenvalue weighted by Gasteiger charge is -2.14. The van der Waals surface area contributed by atoms with E-state index in [1.165, 1.54) is 0 Å². The van der Waals surface area contributed by atoms with Gasteiger partial charge in [-0.1, -0.05) is 5.16 Å². The fourth-order valence-electron chi connectivity index (χ4n) is 1.55. The molecule has 6 heteroatoms. The van der Waals surface area contributed by atoms with Crippen molar-refractivity contribution in [2.45, 2.75) is 13.5 Å². The number of nitrogens with two attached hydrogens (primary N) is 1. The minimum atomic E-state index is -0.137. The van der Waals surface area contributed by atoms with Crippen LogP contribution in [0.3, 0.4) is 0 Å². The summed E-state index contributed by atoms with van der Waals surface area (Å²) in [6.07, 6.45) is 1.58. The van der Waals surface area contributed by atoms with E-state index in [0.717, 1.165) is 11.5 Å². The number of aromatic nitrogens is 2. The summed E-state index contributed by atoms with van der Waals surface area (Å²) in [5.74, 6) is 0.590. The molecular formula is C11H14N4O2. The zero-order valence-electron chi connectivity index (χ0n) is 9.73. The van der Waals surface area contributed by atoms with Crippen LogP contribution >= 0.6 is 0 Å². The van der Waals surface area contributed by atoms with Gasteiger partial charge in [0.2, 0.25) is 0 Å². The number of amides is 1. The van der Waals surface area contributed by atoms with E-state index in [0.29, 0.717) is 17.9 Å². The van der Waals surface area contributed by atoms with Crippen molar-refractivity contribution in [2.75, 3.05) is 12.8 Å². The van der Waals surface area contributed by atoms with Gasteiger partial charge in [-0.15, -0.1) is 0 Å². The molecule has 0 fully saturated rings. The molecule has 0 atom stereocenters. The number of H-pyrrole nitrogens is 1. The van der Waals surface area contributed by atoms with Crippen molar-refractivity contribution in [2.24, 2.45) is 0 Å². The monoisotopic (exact) mass is 234 g/mol. The van der Waals surface area contributed by atoms with Gasteiger partial charge in [-0.2, -0.15) is 0 Å². The van der Waals surface area contributed by atoms with Crippen LogP contribution in [-0.2, 0) is 6.54 Å². The molecule has 0 aromatic carbocycles. The average Bonchev–Trinajstić information content (AvgIpc) is 2.87. The second-order valence-electron chi connectivity index (χ2n) is 3.94. The lowest BCUT2D eigenvalue weighted by atomic mass is 10.3. The number of anilines is 1. The predicted octanol–water partition coefficient (Wildman–Crippen LogP) is 1.17. The van der Waals surface area contributed by atoms with Crippen molar-refractivity contribution in [3.05, 3.63) is 35.5 Å². The van der Waals surface area contributed by atoms with Crippen molar-refractivity contribution in [3.63, 3.8) is 0 Å². The average molecular weight is 234 g/mol. The summed E-state index contributed by atoms with van der Waals surface area (Å²) in [5.41, 5.74) is 7.27. The van der Waals surface area contributed by atoms with Crippen molar-refractivity contribution in [1.29, 1.82) is 0 Å². The Hall–Kier alpha value is -2.24. The molecule has 0 aliphatic rings. The third kappa shape index (κ3) is 2.47. The van der Waals surface area contributed by atoms with Gasteiger partial charge in [-0.25, -0.2) is 0 Å². The molecule has 2 aromatic heterocycles. The molecule has 0 bridgehead atoms. The molecule has 6 nitrogen and oxygen atoms in total. The first-order valence-electron chi connectivity index (χ1n) is 5.18. The number of aryl methyl sites for hydroxylation is 1. The first-order valence-corrected chi connectivity index (χ1v) is 5.18. The molecule has 3 N–H and O–H groups in total. The first kappa shape index (κ1) is 11.3. The summed E-state index contributed by atoms with van der Waals surface area (Å²) in [4.78, 5) is 16.3. The molecule has 0 saturated carbocycles. The van der Waals surface area contributed by atoms with Crippen LogP contribution in [0.15, 0.2) is 22.9 Å². The Labute approximate surface area is 98.4 Å². The van der Waals surface area contributed by atoms with Gasteiger partial charge in [-0.05, 0) is 13.0 Å². The van der Waals surface area contributed by atoms with E-state index in [1.807, 2.05) is 6.92 Å².